The van der Waals surface area contributed by atoms with E-state index >= 15 is 0 Å². The summed E-state index contributed by atoms with van der Waals surface area (Å²) in [5, 5.41) is 0. The van der Waals surface area contributed by atoms with E-state index in [1.807, 2.05) is 38.1 Å². The monoisotopic (exact) mass is 378 g/mol. The van der Waals surface area contributed by atoms with E-state index in [1.54, 1.807) is 7.11 Å². The van der Waals surface area contributed by atoms with E-state index in [4.69, 9.17) is 23.7 Å². The van der Waals surface area contributed by atoms with Crippen molar-refractivity contribution in [3.05, 3.63) is 29.8 Å². The van der Waals surface area contributed by atoms with Gasteiger partial charge in [-0.25, -0.2) is 0 Å². The van der Waals surface area contributed by atoms with Crippen molar-refractivity contribution in [1.29, 1.82) is 0 Å². The summed E-state index contributed by atoms with van der Waals surface area (Å²) in [7, 11) is 1.66. The zero-order valence-corrected chi connectivity index (χ0v) is 16.6. The van der Waals surface area contributed by atoms with E-state index in [9.17, 15) is 4.79 Å². The van der Waals surface area contributed by atoms with Crippen molar-refractivity contribution in [3.63, 3.8) is 0 Å². The van der Waals surface area contributed by atoms with Crippen LogP contribution in [0, 0.1) is 5.92 Å². The third kappa shape index (κ3) is 5.08. The summed E-state index contributed by atoms with van der Waals surface area (Å²) >= 11 is 0. The molecule has 0 aliphatic carbocycles. The minimum absolute atomic E-state index is 0.102. The van der Waals surface area contributed by atoms with E-state index in [-0.39, 0.29) is 18.3 Å². The van der Waals surface area contributed by atoms with Crippen molar-refractivity contribution in [1.82, 2.24) is 0 Å². The van der Waals surface area contributed by atoms with Gasteiger partial charge in [0, 0.05) is 6.61 Å². The molecule has 6 heteroatoms. The van der Waals surface area contributed by atoms with Crippen LogP contribution in [0.25, 0.3) is 0 Å². The van der Waals surface area contributed by atoms with Crippen LogP contribution in [0.5, 0.6) is 5.75 Å². The summed E-state index contributed by atoms with van der Waals surface area (Å²) in [4.78, 5) is 11.3. The molecule has 2 aliphatic rings. The molecular weight excluding hydrogens is 348 g/mol. The molecule has 0 saturated carbocycles. The second-order valence-corrected chi connectivity index (χ2v) is 7.82. The van der Waals surface area contributed by atoms with Gasteiger partial charge in [0.15, 0.2) is 12.1 Å². The van der Waals surface area contributed by atoms with Crippen LogP contribution in [0.3, 0.4) is 0 Å². The lowest BCUT2D eigenvalue weighted by Crippen LogP contribution is -2.36. The van der Waals surface area contributed by atoms with Crippen LogP contribution in [0.2, 0.25) is 0 Å². The van der Waals surface area contributed by atoms with Gasteiger partial charge in [-0.05, 0) is 50.3 Å². The average molecular weight is 378 g/mol. The molecule has 0 spiro atoms. The van der Waals surface area contributed by atoms with Crippen LogP contribution in [0.1, 0.15) is 39.2 Å². The summed E-state index contributed by atoms with van der Waals surface area (Å²) in [6, 6.07) is 7.87. The molecule has 0 aromatic heterocycles. The lowest BCUT2D eigenvalue weighted by Gasteiger charge is -2.22. The Morgan fingerprint density at radius 3 is 2.63 bits per heavy atom. The van der Waals surface area contributed by atoms with Crippen LogP contribution in [0.4, 0.5) is 0 Å². The molecule has 0 amide bonds. The van der Waals surface area contributed by atoms with Crippen molar-refractivity contribution >= 4 is 6.29 Å². The summed E-state index contributed by atoms with van der Waals surface area (Å²) in [5.41, 5.74) is 1.11. The van der Waals surface area contributed by atoms with Gasteiger partial charge in [-0.3, -0.25) is 0 Å². The molecule has 2 aliphatic heterocycles. The maximum absolute atomic E-state index is 11.3. The molecular formula is C21H30O6. The summed E-state index contributed by atoms with van der Waals surface area (Å²) < 4.78 is 28.7. The molecule has 27 heavy (non-hydrogen) atoms. The number of carbonyl (C=O) groups excluding carboxylic acids is 1. The van der Waals surface area contributed by atoms with Crippen LogP contribution in [-0.2, 0) is 30.3 Å². The van der Waals surface area contributed by atoms with Gasteiger partial charge < -0.3 is 28.5 Å². The number of ether oxygens (including phenoxy) is 5. The lowest BCUT2D eigenvalue weighted by molar-refractivity contribution is -0.159. The number of carbonyl (C=O) groups is 1. The largest absolute Gasteiger partial charge is 0.497 e. The Morgan fingerprint density at radius 1 is 1.22 bits per heavy atom. The first-order valence-corrected chi connectivity index (χ1v) is 9.59. The minimum atomic E-state index is -0.748. The second kappa shape index (κ2) is 8.69. The van der Waals surface area contributed by atoms with Crippen molar-refractivity contribution in [2.24, 2.45) is 5.92 Å². The smallest absolute Gasteiger partial charge is 0.164 e. The van der Waals surface area contributed by atoms with Crippen LogP contribution < -0.4 is 4.74 Å². The Hall–Kier alpha value is -1.47. The molecule has 0 unspecified atom stereocenters. The van der Waals surface area contributed by atoms with Gasteiger partial charge in [0.2, 0.25) is 0 Å². The van der Waals surface area contributed by atoms with E-state index in [0.717, 1.165) is 30.4 Å². The van der Waals surface area contributed by atoms with Crippen molar-refractivity contribution in [2.45, 2.75) is 70.4 Å². The quantitative estimate of drug-likeness (QED) is 0.512. The number of hydrogen-bond acceptors (Lipinski definition) is 6. The molecule has 6 nitrogen and oxygen atoms in total. The molecule has 2 saturated heterocycles. The third-order valence-electron chi connectivity index (χ3n) is 5.23. The molecule has 0 N–H and O–H groups in total. The van der Waals surface area contributed by atoms with E-state index in [1.165, 1.54) is 0 Å². The van der Waals surface area contributed by atoms with E-state index < -0.39 is 11.9 Å². The van der Waals surface area contributed by atoms with Crippen molar-refractivity contribution in [3.8, 4) is 5.75 Å². The zero-order valence-electron chi connectivity index (χ0n) is 16.6. The van der Waals surface area contributed by atoms with Gasteiger partial charge in [-0.1, -0.05) is 19.1 Å². The Morgan fingerprint density at radius 2 is 1.96 bits per heavy atom. The molecule has 1 aromatic rings. The highest BCUT2D eigenvalue weighted by atomic mass is 16.8. The SMILES string of the molecule is COc1ccc(COCC[C@@H]2O[C@@H]([C@@H]3OC(C)(C)O[C@@H]3C=O)C[C@H]2C)cc1. The van der Waals surface area contributed by atoms with Gasteiger partial charge in [0.25, 0.3) is 0 Å². The highest BCUT2D eigenvalue weighted by molar-refractivity contribution is 5.58. The lowest BCUT2D eigenvalue weighted by atomic mass is 9.97. The Balaban J connectivity index is 1.44. The predicted molar refractivity (Wildman–Crippen MR) is 99.6 cm³/mol. The summed E-state index contributed by atoms with van der Waals surface area (Å²) in [5.74, 6) is 0.481. The number of methoxy groups -OCH3 is 1. The molecule has 2 heterocycles. The number of aldehydes is 1. The van der Waals surface area contributed by atoms with Crippen LogP contribution >= 0.6 is 0 Å². The van der Waals surface area contributed by atoms with Crippen molar-refractivity contribution in [2.75, 3.05) is 13.7 Å². The first kappa shape index (κ1) is 20.3. The Labute approximate surface area is 161 Å². The van der Waals surface area contributed by atoms with Gasteiger partial charge in [0.05, 0.1) is 25.9 Å². The Bertz CT molecular complexity index is 614. The molecule has 150 valence electrons. The van der Waals surface area contributed by atoms with Gasteiger partial charge >= 0.3 is 0 Å². The van der Waals surface area contributed by atoms with E-state index in [0.29, 0.717) is 19.1 Å². The maximum atomic E-state index is 11.3. The zero-order chi connectivity index (χ0) is 19.4. The fraction of sp³-hybridized carbons (Fsp3) is 0.667. The maximum Gasteiger partial charge on any atom is 0.164 e. The van der Waals surface area contributed by atoms with Crippen LogP contribution in [-0.4, -0.2) is 50.2 Å². The molecule has 0 bridgehead atoms. The summed E-state index contributed by atoms with van der Waals surface area (Å²) in [6.07, 6.45) is 1.56. The molecule has 0 radical (unpaired) electrons. The third-order valence-corrected chi connectivity index (χ3v) is 5.23. The summed E-state index contributed by atoms with van der Waals surface area (Å²) in [6.45, 7) is 7.01. The average Bonchev–Trinajstić information content (AvgIpc) is 3.18. The van der Waals surface area contributed by atoms with Gasteiger partial charge in [0.1, 0.15) is 18.0 Å². The number of rotatable bonds is 8. The standard InChI is InChI=1S/C21H30O6/c1-14-11-18(20-19(12-22)26-21(2,3)27-20)25-17(14)9-10-24-13-15-5-7-16(23-4)8-6-15/h5-8,12,14,17-20H,9-11,13H2,1-4H3/t14-,17+,18-,19-,20+/m1/s1. The molecule has 5 atom stereocenters. The molecule has 2 fully saturated rings. The fourth-order valence-corrected chi connectivity index (χ4v) is 3.82. The van der Waals surface area contributed by atoms with E-state index in [2.05, 4.69) is 6.92 Å². The molecule has 3 rings (SSSR count). The normalized spacial score (nSPS) is 32.5. The predicted octanol–water partition coefficient (Wildman–Crippen LogP) is 3.11. The van der Waals surface area contributed by atoms with Gasteiger partial charge in [-0.2, -0.15) is 0 Å². The fourth-order valence-electron chi connectivity index (χ4n) is 3.82. The number of hydrogen-bond donors (Lipinski definition) is 0. The minimum Gasteiger partial charge on any atom is -0.497 e. The first-order valence-electron chi connectivity index (χ1n) is 9.59. The highest BCUT2D eigenvalue weighted by Gasteiger charge is 2.49. The number of benzene rings is 1. The topological polar surface area (TPSA) is 63.2 Å². The van der Waals surface area contributed by atoms with Gasteiger partial charge in [-0.15, -0.1) is 0 Å². The Kier molecular flexibility index (Phi) is 6.52. The van der Waals surface area contributed by atoms with Crippen LogP contribution in [0.15, 0.2) is 24.3 Å². The highest BCUT2D eigenvalue weighted by Crippen LogP contribution is 2.37. The van der Waals surface area contributed by atoms with Crippen molar-refractivity contribution < 1.29 is 28.5 Å². The molecule has 1 aromatic carbocycles. The second-order valence-electron chi connectivity index (χ2n) is 7.82. The first-order chi connectivity index (χ1) is 12.9.